The van der Waals surface area contributed by atoms with Crippen molar-refractivity contribution in [3.05, 3.63) is 34.1 Å². The van der Waals surface area contributed by atoms with Gasteiger partial charge in [-0.3, -0.25) is 0 Å². The normalized spacial score (nSPS) is 12.9. The molecule has 0 radical (unpaired) electrons. The number of alkyl carbamates (subject to hydrolysis) is 1. The first kappa shape index (κ1) is 16.9. The van der Waals surface area contributed by atoms with E-state index in [9.17, 15) is 9.18 Å². The minimum Gasteiger partial charge on any atom is -0.444 e. The van der Waals surface area contributed by atoms with Crippen LogP contribution in [0.1, 0.15) is 32.4 Å². The maximum Gasteiger partial charge on any atom is 0.407 e. The molecule has 0 saturated carbocycles. The van der Waals surface area contributed by atoms with Crippen LogP contribution in [0.3, 0.4) is 0 Å². The van der Waals surface area contributed by atoms with Crippen LogP contribution in [0, 0.1) is 5.82 Å². The summed E-state index contributed by atoms with van der Waals surface area (Å²) in [5.74, 6) is -0.335. The van der Waals surface area contributed by atoms with Gasteiger partial charge in [0.05, 0.1) is 10.5 Å². The highest BCUT2D eigenvalue weighted by molar-refractivity contribution is 9.10. The number of nitrogens with one attached hydrogen (secondary N) is 2. The van der Waals surface area contributed by atoms with Crippen LogP contribution < -0.4 is 10.6 Å². The molecule has 1 unspecified atom stereocenters. The molecule has 0 aliphatic rings. The van der Waals surface area contributed by atoms with Crippen molar-refractivity contribution in [1.82, 2.24) is 10.6 Å². The lowest BCUT2D eigenvalue weighted by atomic mass is 10.1. The zero-order valence-corrected chi connectivity index (χ0v) is 13.7. The molecule has 0 bridgehead atoms. The van der Waals surface area contributed by atoms with Crippen LogP contribution in [0.25, 0.3) is 0 Å². The van der Waals surface area contributed by atoms with Gasteiger partial charge in [-0.1, -0.05) is 12.1 Å². The summed E-state index contributed by atoms with van der Waals surface area (Å²) in [7, 11) is 1.71. The van der Waals surface area contributed by atoms with Gasteiger partial charge in [-0.15, -0.1) is 0 Å². The van der Waals surface area contributed by atoms with Crippen molar-refractivity contribution in [1.29, 1.82) is 0 Å². The molecule has 6 heteroatoms. The van der Waals surface area contributed by atoms with Gasteiger partial charge in [0.15, 0.2) is 0 Å². The molecule has 112 valence electrons. The second kappa shape index (κ2) is 7.04. The number of hydrogen-bond donors (Lipinski definition) is 2. The summed E-state index contributed by atoms with van der Waals surface area (Å²) in [5.41, 5.74) is -0.0711. The smallest absolute Gasteiger partial charge is 0.407 e. The number of rotatable bonds is 4. The van der Waals surface area contributed by atoms with Gasteiger partial charge in [-0.25, -0.2) is 9.18 Å². The standard InChI is InChI=1S/C14H20BrFN2O2/c1-14(2,3)20-13(19)18-8-11(17-4)9-6-5-7-10(15)12(9)16/h5-7,11,17H,8H2,1-4H3,(H,18,19). The summed E-state index contributed by atoms with van der Waals surface area (Å²) in [5, 5.41) is 5.60. The van der Waals surface area contributed by atoms with Gasteiger partial charge in [0.1, 0.15) is 11.4 Å². The average Bonchev–Trinajstić information content (AvgIpc) is 2.32. The molecule has 0 aliphatic heterocycles. The van der Waals surface area contributed by atoms with Crippen LogP contribution >= 0.6 is 15.9 Å². The van der Waals surface area contributed by atoms with E-state index in [0.29, 0.717) is 10.0 Å². The Morgan fingerprint density at radius 3 is 2.65 bits per heavy atom. The Labute approximate surface area is 127 Å². The van der Waals surface area contributed by atoms with E-state index in [-0.39, 0.29) is 18.4 Å². The van der Waals surface area contributed by atoms with E-state index in [2.05, 4.69) is 26.6 Å². The van der Waals surface area contributed by atoms with E-state index in [1.807, 2.05) is 0 Å². The van der Waals surface area contributed by atoms with Crippen molar-refractivity contribution in [3.63, 3.8) is 0 Å². The lowest BCUT2D eigenvalue weighted by Gasteiger charge is -2.22. The Hall–Kier alpha value is -1.14. The average molecular weight is 347 g/mol. The number of carbonyl (C=O) groups is 1. The van der Waals surface area contributed by atoms with Gasteiger partial charge >= 0.3 is 6.09 Å². The first-order valence-corrected chi connectivity index (χ1v) is 7.12. The molecule has 0 saturated heterocycles. The second-order valence-electron chi connectivity index (χ2n) is 5.37. The highest BCUT2D eigenvalue weighted by atomic mass is 79.9. The topological polar surface area (TPSA) is 50.4 Å². The third kappa shape index (κ3) is 5.09. The summed E-state index contributed by atoms with van der Waals surface area (Å²) in [6.45, 7) is 5.60. The van der Waals surface area contributed by atoms with Crippen molar-refractivity contribution in [2.45, 2.75) is 32.4 Å². The molecule has 0 fully saturated rings. The fraction of sp³-hybridized carbons (Fsp3) is 0.500. The maximum atomic E-state index is 14.0. The predicted octanol–water partition coefficient (Wildman–Crippen LogP) is 3.37. The van der Waals surface area contributed by atoms with Gasteiger partial charge in [0.25, 0.3) is 0 Å². The Bertz CT molecular complexity index is 475. The quantitative estimate of drug-likeness (QED) is 0.878. The molecule has 20 heavy (non-hydrogen) atoms. The third-order valence-corrected chi connectivity index (χ3v) is 3.17. The summed E-state index contributed by atoms with van der Waals surface area (Å²) in [6, 6.07) is 4.73. The number of amides is 1. The van der Waals surface area contributed by atoms with E-state index in [1.54, 1.807) is 46.0 Å². The van der Waals surface area contributed by atoms with Crippen LogP contribution in [0.4, 0.5) is 9.18 Å². The van der Waals surface area contributed by atoms with E-state index in [0.717, 1.165) is 0 Å². The first-order valence-electron chi connectivity index (χ1n) is 6.32. The van der Waals surface area contributed by atoms with Gasteiger partial charge in [-0.05, 0) is 49.8 Å². The minimum absolute atomic E-state index is 0.235. The van der Waals surface area contributed by atoms with Crippen LogP contribution in [-0.2, 0) is 4.74 Å². The summed E-state index contributed by atoms with van der Waals surface area (Å²) < 4.78 is 19.5. The van der Waals surface area contributed by atoms with Crippen LogP contribution in [-0.4, -0.2) is 25.3 Å². The highest BCUT2D eigenvalue weighted by Gasteiger charge is 2.19. The monoisotopic (exact) mass is 346 g/mol. The molecule has 1 amide bonds. The molecule has 0 aliphatic carbocycles. The van der Waals surface area contributed by atoms with E-state index < -0.39 is 11.7 Å². The number of ether oxygens (including phenoxy) is 1. The van der Waals surface area contributed by atoms with Crippen molar-refractivity contribution >= 4 is 22.0 Å². The van der Waals surface area contributed by atoms with Crippen molar-refractivity contribution < 1.29 is 13.9 Å². The van der Waals surface area contributed by atoms with Gasteiger partial charge in [0.2, 0.25) is 0 Å². The molecule has 1 aromatic carbocycles. The number of hydrogen-bond acceptors (Lipinski definition) is 3. The van der Waals surface area contributed by atoms with Crippen LogP contribution in [0.5, 0.6) is 0 Å². The summed E-state index contributed by atoms with van der Waals surface area (Å²) in [6.07, 6.45) is -0.520. The molecule has 2 N–H and O–H groups in total. The molecular weight excluding hydrogens is 327 g/mol. The molecule has 0 spiro atoms. The predicted molar refractivity (Wildman–Crippen MR) is 80.1 cm³/mol. The molecule has 1 atom stereocenters. The number of carbonyl (C=O) groups excluding carboxylic acids is 1. The second-order valence-corrected chi connectivity index (χ2v) is 6.22. The third-order valence-electron chi connectivity index (χ3n) is 2.55. The lowest BCUT2D eigenvalue weighted by Crippen LogP contribution is -2.37. The van der Waals surface area contributed by atoms with Gasteiger partial charge in [0, 0.05) is 12.1 Å². The van der Waals surface area contributed by atoms with Crippen molar-refractivity contribution in [3.8, 4) is 0 Å². The van der Waals surface area contributed by atoms with E-state index in [1.165, 1.54) is 0 Å². The molecular formula is C14H20BrFN2O2. The first-order chi connectivity index (χ1) is 9.24. The Morgan fingerprint density at radius 2 is 2.10 bits per heavy atom. The molecule has 0 heterocycles. The van der Waals surface area contributed by atoms with Crippen molar-refractivity contribution in [2.24, 2.45) is 0 Å². The summed E-state index contributed by atoms with van der Waals surface area (Å²) >= 11 is 3.15. The fourth-order valence-corrected chi connectivity index (χ4v) is 2.04. The fourth-order valence-electron chi connectivity index (χ4n) is 1.66. The highest BCUT2D eigenvalue weighted by Crippen LogP contribution is 2.23. The van der Waals surface area contributed by atoms with Gasteiger partial charge < -0.3 is 15.4 Å². The van der Waals surface area contributed by atoms with E-state index in [4.69, 9.17) is 4.74 Å². The SMILES string of the molecule is CNC(CNC(=O)OC(C)(C)C)c1cccc(Br)c1F. The molecule has 0 aromatic heterocycles. The van der Waals surface area contributed by atoms with Crippen LogP contribution in [0.2, 0.25) is 0 Å². The number of likely N-dealkylation sites (N-methyl/N-ethyl adjacent to an activating group) is 1. The Morgan fingerprint density at radius 1 is 1.45 bits per heavy atom. The zero-order valence-electron chi connectivity index (χ0n) is 12.1. The summed E-state index contributed by atoms with van der Waals surface area (Å²) in [4.78, 5) is 11.6. The van der Waals surface area contributed by atoms with Crippen LogP contribution in [0.15, 0.2) is 22.7 Å². The molecule has 1 aromatic rings. The Kier molecular flexibility index (Phi) is 5.95. The Balaban J connectivity index is 2.69. The number of halogens is 2. The molecule has 4 nitrogen and oxygen atoms in total. The van der Waals surface area contributed by atoms with E-state index >= 15 is 0 Å². The lowest BCUT2D eigenvalue weighted by molar-refractivity contribution is 0.0522. The van der Waals surface area contributed by atoms with Gasteiger partial charge in [-0.2, -0.15) is 0 Å². The van der Waals surface area contributed by atoms with Crippen molar-refractivity contribution in [2.75, 3.05) is 13.6 Å². The minimum atomic E-state index is -0.555. The largest absolute Gasteiger partial charge is 0.444 e. The number of benzene rings is 1. The maximum absolute atomic E-state index is 14.0. The zero-order chi connectivity index (χ0) is 15.3. The molecule has 1 rings (SSSR count).